The van der Waals surface area contributed by atoms with Crippen LogP contribution >= 0.6 is 0 Å². The molecule has 0 radical (unpaired) electrons. The van der Waals surface area contributed by atoms with Crippen LogP contribution in [-0.2, 0) is 0 Å². The van der Waals surface area contributed by atoms with Gasteiger partial charge in [0.1, 0.15) is 11.2 Å². The molecule has 0 aliphatic heterocycles. The Morgan fingerprint density at radius 2 is 0.911 bits per heavy atom. The number of hydrogen-bond donors (Lipinski definition) is 0. The SMILES string of the molecule is c1ccc(-c2ccccc2-c2nc(-c3cc4ccccc4c4oc5ccccc5c34)nc(-n3c4ccc5ccccc5c4c4c5ccccc5ccc43)n2)cc1. The fourth-order valence-electron chi connectivity index (χ4n) is 8.75. The van der Waals surface area contributed by atoms with Crippen LogP contribution in [0.2, 0.25) is 0 Å². The van der Waals surface area contributed by atoms with Crippen LogP contribution in [0, 0.1) is 0 Å². The maximum atomic E-state index is 6.64. The smallest absolute Gasteiger partial charge is 0.238 e. The highest BCUT2D eigenvalue weighted by molar-refractivity contribution is 6.28. The van der Waals surface area contributed by atoms with E-state index < -0.39 is 0 Å². The molecule has 0 aliphatic carbocycles. The summed E-state index contributed by atoms with van der Waals surface area (Å²) in [7, 11) is 0. The van der Waals surface area contributed by atoms with Crippen molar-refractivity contribution in [3.8, 4) is 39.9 Å². The van der Waals surface area contributed by atoms with E-state index >= 15 is 0 Å². The van der Waals surface area contributed by atoms with Gasteiger partial charge < -0.3 is 4.42 Å². The van der Waals surface area contributed by atoms with Crippen LogP contribution in [0.25, 0.3) is 116 Å². The highest BCUT2D eigenvalue weighted by Gasteiger charge is 2.24. The average molecular weight is 715 g/mol. The number of hydrogen-bond acceptors (Lipinski definition) is 4. The molecule has 5 nitrogen and oxygen atoms in total. The Balaban J connectivity index is 1.25. The lowest BCUT2D eigenvalue weighted by Crippen LogP contribution is -2.07. The van der Waals surface area contributed by atoms with Crippen LogP contribution in [-0.4, -0.2) is 19.5 Å². The van der Waals surface area contributed by atoms with Gasteiger partial charge in [-0.05, 0) is 62.3 Å². The predicted molar refractivity (Wildman–Crippen MR) is 230 cm³/mol. The molecule has 9 aromatic carbocycles. The predicted octanol–water partition coefficient (Wildman–Crippen LogP) is 13.3. The zero-order chi connectivity index (χ0) is 36.7. The van der Waals surface area contributed by atoms with Crippen molar-refractivity contribution >= 4 is 76.1 Å². The van der Waals surface area contributed by atoms with Crippen molar-refractivity contribution in [1.82, 2.24) is 19.5 Å². The van der Waals surface area contributed by atoms with Crippen molar-refractivity contribution in [1.29, 1.82) is 0 Å². The largest absolute Gasteiger partial charge is 0.455 e. The molecule has 3 heterocycles. The Labute approximate surface area is 320 Å². The van der Waals surface area contributed by atoms with Crippen LogP contribution in [0.1, 0.15) is 0 Å². The molecule has 0 unspecified atom stereocenters. The fraction of sp³-hybridized carbons (Fsp3) is 0. The summed E-state index contributed by atoms with van der Waals surface area (Å²) in [5.41, 5.74) is 7.67. The van der Waals surface area contributed by atoms with E-state index in [2.05, 4.69) is 168 Å². The maximum Gasteiger partial charge on any atom is 0.238 e. The molecule has 0 amide bonds. The first-order valence-corrected chi connectivity index (χ1v) is 18.9. The zero-order valence-corrected chi connectivity index (χ0v) is 30.0. The maximum absolute atomic E-state index is 6.64. The van der Waals surface area contributed by atoms with Gasteiger partial charge in [0.05, 0.1) is 11.0 Å². The fourth-order valence-corrected chi connectivity index (χ4v) is 8.75. The van der Waals surface area contributed by atoms with E-state index in [-0.39, 0.29) is 0 Å². The third-order valence-electron chi connectivity index (χ3n) is 11.2. The molecule has 260 valence electrons. The van der Waals surface area contributed by atoms with Gasteiger partial charge >= 0.3 is 0 Å². The summed E-state index contributed by atoms with van der Waals surface area (Å²) in [5, 5.41) is 11.2. The van der Waals surface area contributed by atoms with Gasteiger partial charge in [-0.25, -0.2) is 4.98 Å². The molecular weight excluding hydrogens is 685 g/mol. The number of furan rings is 1. The van der Waals surface area contributed by atoms with Gasteiger partial charge in [0.25, 0.3) is 0 Å². The molecule has 0 saturated carbocycles. The number of rotatable bonds is 4. The summed E-state index contributed by atoms with van der Waals surface area (Å²) >= 11 is 0. The average Bonchev–Trinajstić information content (AvgIpc) is 3.84. The van der Waals surface area contributed by atoms with Gasteiger partial charge in [-0.1, -0.05) is 158 Å². The van der Waals surface area contributed by atoms with Crippen LogP contribution in [0.3, 0.4) is 0 Å². The second-order valence-corrected chi connectivity index (χ2v) is 14.3. The minimum absolute atomic E-state index is 0.549. The molecule has 56 heavy (non-hydrogen) atoms. The van der Waals surface area contributed by atoms with E-state index in [1.54, 1.807) is 0 Å². The molecule has 12 aromatic rings. The number of aromatic nitrogens is 4. The van der Waals surface area contributed by atoms with E-state index in [1.165, 1.54) is 32.3 Å². The second kappa shape index (κ2) is 11.9. The summed E-state index contributed by atoms with van der Waals surface area (Å²) in [6.45, 7) is 0. The summed E-state index contributed by atoms with van der Waals surface area (Å²) in [5.74, 6) is 1.72. The van der Waals surface area contributed by atoms with E-state index in [9.17, 15) is 0 Å². The van der Waals surface area contributed by atoms with Crippen molar-refractivity contribution in [3.63, 3.8) is 0 Å². The quantitative estimate of drug-likeness (QED) is 0.182. The van der Waals surface area contributed by atoms with E-state index in [0.29, 0.717) is 17.6 Å². The first-order chi connectivity index (χ1) is 27.8. The first-order valence-electron chi connectivity index (χ1n) is 18.9. The Kier molecular flexibility index (Phi) is 6.56. The zero-order valence-electron chi connectivity index (χ0n) is 30.0. The van der Waals surface area contributed by atoms with Gasteiger partial charge in [0.2, 0.25) is 5.95 Å². The third kappa shape index (κ3) is 4.52. The Morgan fingerprint density at radius 3 is 1.61 bits per heavy atom. The van der Waals surface area contributed by atoms with E-state index in [0.717, 1.165) is 66.0 Å². The molecule has 5 heteroatoms. The second-order valence-electron chi connectivity index (χ2n) is 14.3. The molecule has 12 rings (SSSR count). The summed E-state index contributed by atoms with van der Waals surface area (Å²) in [6.07, 6.45) is 0. The van der Waals surface area contributed by atoms with Crippen LogP contribution < -0.4 is 0 Å². The van der Waals surface area contributed by atoms with Crippen LogP contribution in [0.5, 0.6) is 0 Å². The highest BCUT2D eigenvalue weighted by atomic mass is 16.3. The van der Waals surface area contributed by atoms with E-state index in [1.807, 2.05) is 18.2 Å². The molecule has 0 saturated heterocycles. The lowest BCUT2D eigenvalue weighted by atomic mass is 9.98. The summed E-state index contributed by atoms with van der Waals surface area (Å²) in [4.78, 5) is 16.3. The monoisotopic (exact) mass is 714 g/mol. The Bertz CT molecular complexity index is 3450. The summed E-state index contributed by atoms with van der Waals surface area (Å²) in [6, 6.07) is 63.7. The van der Waals surface area contributed by atoms with E-state index in [4.69, 9.17) is 19.4 Å². The third-order valence-corrected chi connectivity index (χ3v) is 11.2. The lowest BCUT2D eigenvalue weighted by Gasteiger charge is -2.14. The molecule has 3 aromatic heterocycles. The van der Waals surface area contributed by atoms with Crippen molar-refractivity contribution < 1.29 is 4.42 Å². The van der Waals surface area contributed by atoms with Crippen LogP contribution in [0.4, 0.5) is 0 Å². The lowest BCUT2D eigenvalue weighted by molar-refractivity contribution is 0.672. The molecular formula is C51H30N4O. The van der Waals surface area contributed by atoms with Crippen LogP contribution in [0.15, 0.2) is 186 Å². The molecule has 0 atom stereocenters. The minimum Gasteiger partial charge on any atom is -0.455 e. The number of benzene rings is 9. The standard InChI is InChI=1S/C51H30N4O/c1-2-14-31(15-3-1)35-19-10-11-23-39(35)49-52-50(41-30-34-18-6-9-22-38(34)48-45(41)40-24-12-13-25-44(40)56-48)54-51(53-49)55-42-28-26-32-16-4-7-20-36(32)46(42)47-37-21-8-5-17-33(37)27-29-43(47)55/h1-30H. The van der Waals surface area contributed by atoms with Crippen molar-refractivity contribution in [3.05, 3.63) is 182 Å². The first kappa shape index (κ1) is 30.8. The highest BCUT2D eigenvalue weighted by Crippen LogP contribution is 2.43. The van der Waals surface area contributed by atoms with Gasteiger partial charge in [0, 0.05) is 38.1 Å². The topological polar surface area (TPSA) is 56.7 Å². The molecule has 0 N–H and O–H groups in total. The van der Waals surface area contributed by atoms with Gasteiger partial charge in [-0.2, -0.15) is 9.97 Å². The number of fused-ring (bicyclic) bond motifs is 12. The number of nitrogens with zero attached hydrogens (tertiary/aromatic N) is 4. The van der Waals surface area contributed by atoms with Crippen molar-refractivity contribution in [2.24, 2.45) is 0 Å². The molecule has 0 spiro atoms. The van der Waals surface area contributed by atoms with Crippen molar-refractivity contribution in [2.45, 2.75) is 0 Å². The molecule has 0 fully saturated rings. The Morgan fingerprint density at radius 1 is 0.375 bits per heavy atom. The normalized spacial score (nSPS) is 11.9. The summed E-state index contributed by atoms with van der Waals surface area (Å²) < 4.78 is 8.87. The Hall–Kier alpha value is -7.63. The molecule has 0 aliphatic rings. The van der Waals surface area contributed by atoms with Gasteiger partial charge in [-0.3, -0.25) is 4.57 Å². The molecule has 0 bridgehead atoms. The van der Waals surface area contributed by atoms with Crippen molar-refractivity contribution in [2.75, 3.05) is 0 Å². The van der Waals surface area contributed by atoms with Gasteiger partial charge in [0.15, 0.2) is 11.6 Å². The number of para-hydroxylation sites is 1. The minimum atomic E-state index is 0.549. The van der Waals surface area contributed by atoms with Gasteiger partial charge in [-0.15, -0.1) is 0 Å².